The van der Waals surface area contributed by atoms with Crippen molar-refractivity contribution in [2.24, 2.45) is 4.99 Å². The number of rotatable bonds is 3. The Kier molecular flexibility index (Phi) is 3.87. The average Bonchev–Trinajstić information content (AvgIpc) is 2.13. The Morgan fingerprint density at radius 1 is 1.54 bits per heavy atom. The van der Waals surface area contributed by atoms with Crippen molar-refractivity contribution < 1.29 is 4.79 Å². The minimum absolute atomic E-state index is 0.515. The van der Waals surface area contributed by atoms with Crippen LogP contribution in [0.15, 0.2) is 27.7 Å². The third-order valence-corrected chi connectivity index (χ3v) is 2.80. The number of isocyanates is 1. The molecule has 0 fully saturated rings. The molecule has 1 aromatic rings. The zero-order valence-electron chi connectivity index (χ0n) is 7.38. The Bertz CT molecular complexity index is 343. The topological polar surface area (TPSA) is 29.4 Å². The molecule has 1 aromatic carbocycles. The Morgan fingerprint density at radius 3 is 3.00 bits per heavy atom. The third-order valence-electron chi connectivity index (χ3n) is 1.94. The molecule has 0 atom stereocenters. The van der Waals surface area contributed by atoms with Gasteiger partial charge in [-0.1, -0.05) is 28.1 Å². The molecule has 0 spiro atoms. The van der Waals surface area contributed by atoms with E-state index < -0.39 is 0 Å². The summed E-state index contributed by atoms with van der Waals surface area (Å²) in [5, 5.41) is 0. The van der Waals surface area contributed by atoms with Crippen molar-refractivity contribution in [2.45, 2.75) is 13.3 Å². The minimum atomic E-state index is 0.515. The fourth-order valence-corrected chi connectivity index (χ4v) is 1.55. The number of hydrogen-bond donors (Lipinski definition) is 0. The molecule has 0 unspecified atom stereocenters. The fraction of sp³-hybridized carbons (Fsp3) is 0.300. The molecule has 0 aromatic heterocycles. The summed E-state index contributed by atoms with van der Waals surface area (Å²) in [6.07, 6.45) is 2.33. The molecule has 0 aliphatic heterocycles. The van der Waals surface area contributed by atoms with Gasteiger partial charge in [0.25, 0.3) is 0 Å². The zero-order valence-corrected chi connectivity index (χ0v) is 8.97. The maximum Gasteiger partial charge on any atom is 0.234 e. The molecule has 0 aliphatic carbocycles. The smallest absolute Gasteiger partial charge is 0.211 e. The zero-order chi connectivity index (χ0) is 9.68. The van der Waals surface area contributed by atoms with Crippen LogP contribution in [0.3, 0.4) is 0 Å². The number of halogens is 1. The van der Waals surface area contributed by atoms with Gasteiger partial charge >= 0.3 is 0 Å². The van der Waals surface area contributed by atoms with Crippen LogP contribution in [0, 0.1) is 6.92 Å². The number of carbonyl (C=O) groups excluding carboxylic acids is 1. The van der Waals surface area contributed by atoms with Crippen LogP contribution in [0.2, 0.25) is 0 Å². The minimum Gasteiger partial charge on any atom is -0.211 e. The van der Waals surface area contributed by atoms with Crippen molar-refractivity contribution in [2.75, 3.05) is 6.54 Å². The van der Waals surface area contributed by atoms with Crippen molar-refractivity contribution >= 4 is 22.0 Å². The van der Waals surface area contributed by atoms with E-state index in [0.717, 1.165) is 10.9 Å². The molecule has 0 N–H and O–H groups in total. The van der Waals surface area contributed by atoms with Gasteiger partial charge < -0.3 is 0 Å². The van der Waals surface area contributed by atoms with Gasteiger partial charge in [-0.2, -0.15) is 0 Å². The summed E-state index contributed by atoms with van der Waals surface area (Å²) in [6.45, 7) is 2.56. The molecule has 2 nitrogen and oxygen atoms in total. The maximum atomic E-state index is 9.85. The molecule has 13 heavy (non-hydrogen) atoms. The van der Waals surface area contributed by atoms with E-state index in [1.807, 2.05) is 25.1 Å². The lowest BCUT2D eigenvalue weighted by Gasteiger charge is -2.04. The van der Waals surface area contributed by atoms with E-state index in [1.54, 1.807) is 0 Å². The predicted octanol–water partition coefficient (Wildman–Crippen LogP) is 2.64. The summed E-state index contributed by atoms with van der Waals surface area (Å²) in [5.74, 6) is 0. The highest BCUT2D eigenvalue weighted by Crippen LogP contribution is 2.19. The van der Waals surface area contributed by atoms with E-state index in [9.17, 15) is 4.79 Å². The van der Waals surface area contributed by atoms with Crippen molar-refractivity contribution in [3.8, 4) is 0 Å². The second kappa shape index (κ2) is 4.95. The van der Waals surface area contributed by atoms with Crippen molar-refractivity contribution in [3.05, 3.63) is 33.8 Å². The van der Waals surface area contributed by atoms with Crippen molar-refractivity contribution in [1.82, 2.24) is 0 Å². The molecule has 0 amide bonds. The third kappa shape index (κ3) is 2.79. The van der Waals surface area contributed by atoms with Crippen LogP contribution in [0.25, 0.3) is 0 Å². The van der Waals surface area contributed by atoms with Gasteiger partial charge in [-0.3, -0.25) is 0 Å². The summed E-state index contributed by atoms with van der Waals surface area (Å²) in [7, 11) is 0. The Hall–Kier alpha value is -0.920. The first-order valence-electron chi connectivity index (χ1n) is 4.03. The van der Waals surface area contributed by atoms with Crippen molar-refractivity contribution in [1.29, 1.82) is 0 Å². The maximum absolute atomic E-state index is 9.85. The van der Waals surface area contributed by atoms with Crippen LogP contribution < -0.4 is 0 Å². The highest BCUT2D eigenvalue weighted by Gasteiger charge is 2.00. The Labute approximate surface area is 85.8 Å². The van der Waals surface area contributed by atoms with Gasteiger partial charge in [-0.05, 0) is 30.5 Å². The second-order valence-corrected chi connectivity index (χ2v) is 3.60. The monoisotopic (exact) mass is 239 g/mol. The van der Waals surface area contributed by atoms with Gasteiger partial charge in [0, 0.05) is 4.47 Å². The average molecular weight is 240 g/mol. The molecular weight excluding hydrogens is 230 g/mol. The highest BCUT2D eigenvalue weighted by atomic mass is 79.9. The Morgan fingerprint density at radius 2 is 2.31 bits per heavy atom. The summed E-state index contributed by atoms with van der Waals surface area (Å²) < 4.78 is 1.10. The van der Waals surface area contributed by atoms with E-state index >= 15 is 0 Å². The molecule has 0 bridgehead atoms. The number of aliphatic imine (C=N–C) groups is 1. The van der Waals surface area contributed by atoms with Gasteiger partial charge in [-0.15, -0.1) is 0 Å². The summed E-state index contributed by atoms with van der Waals surface area (Å²) in [4.78, 5) is 13.4. The largest absolute Gasteiger partial charge is 0.234 e. The van der Waals surface area contributed by atoms with Crippen LogP contribution in [0.5, 0.6) is 0 Å². The lowest BCUT2D eigenvalue weighted by molar-refractivity contribution is 0.563. The second-order valence-electron chi connectivity index (χ2n) is 2.75. The highest BCUT2D eigenvalue weighted by molar-refractivity contribution is 9.10. The summed E-state index contributed by atoms with van der Waals surface area (Å²) in [6, 6.07) is 6.03. The lowest BCUT2D eigenvalue weighted by atomic mass is 10.1. The molecule has 68 valence electrons. The Balaban J connectivity index is 2.76. The van der Waals surface area contributed by atoms with Gasteiger partial charge in [0.1, 0.15) is 0 Å². The number of hydrogen-bond acceptors (Lipinski definition) is 2. The predicted molar refractivity (Wildman–Crippen MR) is 55.6 cm³/mol. The quantitative estimate of drug-likeness (QED) is 0.589. The van der Waals surface area contributed by atoms with Gasteiger partial charge in [0.05, 0.1) is 6.54 Å². The number of benzene rings is 1. The van der Waals surface area contributed by atoms with E-state index in [0.29, 0.717) is 6.54 Å². The molecule has 1 rings (SSSR count). The van der Waals surface area contributed by atoms with E-state index in [1.165, 1.54) is 17.2 Å². The molecule has 0 aliphatic rings. The molecule has 0 radical (unpaired) electrons. The van der Waals surface area contributed by atoms with E-state index in [4.69, 9.17) is 0 Å². The normalized spacial score (nSPS) is 9.38. The SMILES string of the molecule is Cc1c(Br)cccc1CCN=C=O. The summed E-state index contributed by atoms with van der Waals surface area (Å²) >= 11 is 3.45. The summed E-state index contributed by atoms with van der Waals surface area (Å²) in [5.41, 5.74) is 2.43. The van der Waals surface area contributed by atoms with Crippen LogP contribution >= 0.6 is 15.9 Å². The molecular formula is C10H10BrNO. The van der Waals surface area contributed by atoms with E-state index in [2.05, 4.69) is 20.9 Å². The molecule has 0 heterocycles. The van der Waals surface area contributed by atoms with Crippen molar-refractivity contribution in [3.63, 3.8) is 0 Å². The first kappa shape index (κ1) is 10.2. The fourth-order valence-electron chi connectivity index (χ4n) is 1.14. The van der Waals surface area contributed by atoms with Gasteiger partial charge in [-0.25, -0.2) is 9.79 Å². The van der Waals surface area contributed by atoms with E-state index in [-0.39, 0.29) is 0 Å². The standard InChI is InChI=1S/C10H10BrNO/c1-8-9(5-6-12-7-13)3-2-4-10(8)11/h2-4H,5-6H2,1H3. The van der Waals surface area contributed by atoms with Gasteiger partial charge in [0.2, 0.25) is 6.08 Å². The first-order valence-corrected chi connectivity index (χ1v) is 4.82. The lowest BCUT2D eigenvalue weighted by Crippen LogP contribution is -1.93. The van der Waals surface area contributed by atoms with Crippen LogP contribution in [-0.2, 0) is 11.2 Å². The number of nitrogens with zero attached hydrogens (tertiary/aromatic N) is 1. The van der Waals surface area contributed by atoms with Gasteiger partial charge in [0.15, 0.2) is 0 Å². The first-order chi connectivity index (χ1) is 6.25. The van der Waals surface area contributed by atoms with Crippen LogP contribution in [-0.4, -0.2) is 12.6 Å². The molecule has 0 saturated carbocycles. The molecule has 3 heteroatoms. The van der Waals surface area contributed by atoms with Crippen LogP contribution in [0.4, 0.5) is 0 Å². The molecule has 0 saturated heterocycles. The van der Waals surface area contributed by atoms with Crippen LogP contribution in [0.1, 0.15) is 11.1 Å².